The van der Waals surface area contributed by atoms with Crippen molar-refractivity contribution in [3.05, 3.63) is 0 Å². The third-order valence-corrected chi connectivity index (χ3v) is 3.46. The Morgan fingerprint density at radius 1 is 1.44 bits per heavy atom. The van der Waals surface area contributed by atoms with Crippen LogP contribution in [0.15, 0.2) is 0 Å². The summed E-state index contributed by atoms with van der Waals surface area (Å²) in [6, 6.07) is 0. The van der Waals surface area contributed by atoms with Crippen LogP contribution in [0, 0.1) is 5.92 Å². The fourth-order valence-corrected chi connectivity index (χ4v) is 2.55. The van der Waals surface area contributed by atoms with Gasteiger partial charge in [0.25, 0.3) is 0 Å². The van der Waals surface area contributed by atoms with Gasteiger partial charge in [0, 0.05) is 13.6 Å². The summed E-state index contributed by atoms with van der Waals surface area (Å²) in [6.07, 6.45) is 3.17. The van der Waals surface area contributed by atoms with Crippen LogP contribution in [0.5, 0.6) is 0 Å². The van der Waals surface area contributed by atoms with Gasteiger partial charge in [0.05, 0.1) is 24.5 Å². The summed E-state index contributed by atoms with van der Waals surface area (Å²) in [6.45, 7) is 0.280. The molecule has 3 atom stereocenters. The van der Waals surface area contributed by atoms with Gasteiger partial charge in [-0.3, -0.25) is 9.59 Å². The molecule has 2 aliphatic rings. The monoisotopic (exact) mass is 227 g/mol. The second kappa shape index (κ2) is 4.41. The second-order valence-electron chi connectivity index (χ2n) is 4.62. The van der Waals surface area contributed by atoms with Gasteiger partial charge in [-0.15, -0.1) is 0 Å². The normalized spacial score (nSPS) is 31.7. The van der Waals surface area contributed by atoms with Crippen LogP contribution in [0.25, 0.3) is 0 Å². The molecule has 0 saturated carbocycles. The molecule has 0 aromatic rings. The molecule has 2 heterocycles. The average Bonchev–Trinajstić information content (AvgIpc) is 2.86. The Bertz CT molecular complexity index is 304. The minimum atomic E-state index is -0.871. The van der Waals surface area contributed by atoms with Gasteiger partial charge in [0.1, 0.15) is 0 Å². The molecular weight excluding hydrogens is 210 g/mol. The first-order valence-corrected chi connectivity index (χ1v) is 5.70. The summed E-state index contributed by atoms with van der Waals surface area (Å²) in [5, 5.41) is 8.55. The molecule has 0 aromatic heterocycles. The lowest BCUT2D eigenvalue weighted by atomic mass is 9.88. The molecule has 2 saturated heterocycles. The third kappa shape index (κ3) is 2.19. The Morgan fingerprint density at radius 2 is 2.19 bits per heavy atom. The lowest BCUT2D eigenvalue weighted by molar-refractivity contribution is -0.139. The van der Waals surface area contributed by atoms with E-state index < -0.39 is 5.97 Å². The highest BCUT2D eigenvalue weighted by Gasteiger charge is 2.45. The number of carbonyl (C=O) groups excluding carboxylic acids is 1. The summed E-state index contributed by atoms with van der Waals surface area (Å²) in [5.74, 6) is -0.880. The van der Waals surface area contributed by atoms with Crippen LogP contribution in [-0.4, -0.2) is 47.7 Å². The molecule has 2 aliphatic heterocycles. The minimum absolute atomic E-state index is 0.00388. The van der Waals surface area contributed by atoms with E-state index in [1.807, 2.05) is 0 Å². The number of rotatable bonds is 4. The maximum atomic E-state index is 12.0. The fourth-order valence-electron chi connectivity index (χ4n) is 2.55. The Hall–Kier alpha value is -1.10. The number of amides is 1. The molecule has 3 unspecified atom stereocenters. The van der Waals surface area contributed by atoms with Gasteiger partial charge >= 0.3 is 5.97 Å². The van der Waals surface area contributed by atoms with E-state index in [0.717, 1.165) is 19.3 Å². The van der Waals surface area contributed by atoms with Gasteiger partial charge in [-0.2, -0.15) is 0 Å². The molecule has 0 spiro atoms. The van der Waals surface area contributed by atoms with Crippen molar-refractivity contribution in [1.82, 2.24) is 4.90 Å². The molecule has 1 amide bonds. The third-order valence-electron chi connectivity index (χ3n) is 3.46. The summed E-state index contributed by atoms with van der Waals surface area (Å²) < 4.78 is 5.62. The molecule has 0 radical (unpaired) electrons. The zero-order chi connectivity index (χ0) is 11.7. The zero-order valence-electron chi connectivity index (χ0n) is 9.39. The molecule has 0 aromatic carbocycles. The Labute approximate surface area is 94.4 Å². The Morgan fingerprint density at radius 3 is 2.69 bits per heavy atom. The molecule has 2 bridgehead atoms. The zero-order valence-corrected chi connectivity index (χ0v) is 9.39. The molecule has 0 aliphatic carbocycles. The largest absolute Gasteiger partial charge is 0.481 e. The Balaban J connectivity index is 1.85. The number of nitrogens with zero attached hydrogens (tertiary/aromatic N) is 1. The van der Waals surface area contributed by atoms with Crippen LogP contribution in [0.1, 0.15) is 25.7 Å². The van der Waals surface area contributed by atoms with Gasteiger partial charge in [-0.1, -0.05) is 0 Å². The molecule has 1 N–H and O–H groups in total. The number of fused-ring (bicyclic) bond motifs is 2. The molecule has 16 heavy (non-hydrogen) atoms. The maximum Gasteiger partial charge on any atom is 0.305 e. The topological polar surface area (TPSA) is 66.8 Å². The average molecular weight is 227 g/mol. The lowest BCUT2D eigenvalue weighted by Crippen LogP contribution is -2.38. The highest BCUT2D eigenvalue weighted by molar-refractivity contribution is 5.80. The quantitative estimate of drug-likeness (QED) is 0.759. The molecule has 5 nitrogen and oxygen atoms in total. The van der Waals surface area contributed by atoms with E-state index in [1.54, 1.807) is 7.05 Å². The Kier molecular flexibility index (Phi) is 3.14. The maximum absolute atomic E-state index is 12.0. The molecular formula is C11H17NO4. The highest BCUT2D eigenvalue weighted by Crippen LogP contribution is 2.39. The van der Waals surface area contributed by atoms with Crippen LogP contribution in [0.4, 0.5) is 0 Å². The first-order valence-electron chi connectivity index (χ1n) is 5.70. The van der Waals surface area contributed by atoms with E-state index in [9.17, 15) is 9.59 Å². The van der Waals surface area contributed by atoms with Crippen molar-refractivity contribution in [2.75, 3.05) is 13.6 Å². The molecule has 90 valence electrons. The first kappa shape index (κ1) is 11.4. The fraction of sp³-hybridized carbons (Fsp3) is 0.818. The van der Waals surface area contributed by atoms with Crippen molar-refractivity contribution in [1.29, 1.82) is 0 Å². The van der Waals surface area contributed by atoms with Crippen molar-refractivity contribution in [2.24, 2.45) is 5.92 Å². The van der Waals surface area contributed by atoms with Crippen LogP contribution in [-0.2, 0) is 14.3 Å². The van der Waals surface area contributed by atoms with Crippen LogP contribution >= 0.6 is 0 Å². The molecule has 2 rings (SSSR count). The molecule has 2 fully saturated rings. The van der Waals surface area contributed by atoms with Crippen molar-refractivity contribution >= 4 is 11.9 Å². The van der Waals surface area contributed by atoms with Crippen molar-refractivity contribution < 1.29 is 19.4 Å². The minimum Gasteiger partial charge on any atom is -0.481 e. The predicted octanol–water partition coefficient (Wildman–Crippen LogP) is 0.487. The van der Waals surface area contributed by atoms with Crippen molar-refractivity contribution in [3.63, 3.8) is 0 Å². The second-order valence-corrected chi connectivity index (χ2v) is 4.62. The van der Waals surface area contributed by atoms with Gasteiger partial charge in [-0.05, 0) is 19.3 Å². The summed E-state index contributed by atoms with van der Waals surface area (Å²) in [7, 11) is 1.66. The summed E-state index contributed by atoms with van der Waals surface area (Å²) in [4.78, 5) is 23.9. The lowest BCUT2D eigenvalue weighted by Gasteiger charge is -2.24. The number of carboxylic acid groups (broad SMARTS) is 1. The number of carboxylic acids is 1. The van der Waals surface area contributed by atoms with Crippen LogP contribution in [0.3, 0.4) is 0 Å². The van der Waals surface area contributed by atoms with Gasteiger partial charge in [0.2, 0.25) is 5.91 Å². The van der Waals surface area contributed by atoms with Crippen LogP contribution < -0.4 is 0 Å². The van der Waals surface area contributed by atoms with E-state index >= 15 is 0 Å². The van der Waals surface area contributed by atoms with E-state index in [0.29, 0.717) is 0 Å². The van der Waals surface area contributed by atoms with E-state index in [-0.39, 0.29) is 37.0 Å². The predicted molar refractivity (Wildman–Crippen MR) is 55.9 cm³/mol. The standard InChI is InChI=1S/C11H17NO4/c1-12(5-4-10(13)14)11(15)8-6-7-2-3-9(8)16-7/h7-9H,2-6H2,1H3,(H,13,14). The summed E-state index contributed by atoms with van der Waals surface area (Å²) in [5.41, 5.74) is 0. The SMILES string of the molecule is CN(CCC(=O)O)C(=O)C1CC2CCC1O2. The number of hydrogen-bond donors (Lipinski definition) is 1. The highest BCUT2D eigenvalue weighted by atomic mass is 16.5. The van der Waals surface area contributed by atoms with Crippen molar-refractivity contribution in [3.8, 4) is 0 Å². The smallest absolute Gasteiger partial charge is 0.305 e. The number of carbonyl (C=O) groups is 2. The van der Waals surface area contributed by atoms with Crippen LogP contribution in [0.2, 0.25) is 0 Å². The summed E-state index contributed by atoms with van der Waals surface area (Å²) >= 11 is 0. The van der Waals surface area contributed by atoms with E-state index in [4.69, 9.17) is 9.84 Å². The molecule has 5 heteroatoms. The van der Waals surface area contributed by atoms with Gasteiger partial charge in [0.15, 0.2) is 0 Å². The van der Waals surface area contributed by atoms with Crippen molar-refractivity contribution in [2.45, 2.75) is 37.9 Å². The van der Waals surface area contributed by atoms with Gasteiger partial charge in [-0.25, -0.2) is 0 Å². The number of ether oxygens (including phenoxy) is 1. The number of hydrogen-bond acceptors (Lipinski definition) is 3. The number of aliphatic carboxylic acids is 1. The van der Waals surface area contributed by atoms with E-state index in [2.05, 4.69) is 0 Å². The van der Waals surface area contributed by atoms with E-state index in [1.165, 1.54) is 4.90 Å². The van der Waals surface area contributed by atoms with Gasteiger partial charge < -0.3 is 14.7 Å². The first-order chi connectivity index (χ1) is 7.58.